The van der Waals surface area contributed by atoms with Crippen LogP contribution in [0.25, 0.3) is 0 Å². The Labute approximate surface area is 118 Å². The van der Waals surface area contributed by atoms with Crippen LogP contribution >= 0.6 is 0 Å². The van der Waals surface area contributed by atoms with Crippen LogP contribution < -0.4 is 5.32 Å². The van der Waals surface area contributed by atoms with Crippen molar-refractivity contribution in [2.24, 2.45) is 5.92 Å². The van der Waals surface area contributed by atoms with E-state index in [9.17, 15) is 8.42 Å². The third-order valence-corrected chi connectivity index (χ3v) is 5.82. The molecule has 0 spiro atoms. The van der Waals surface area contributed by atoms with Gasteiger partial charge in [0.2, 0.25) is 0 Å². The monoisotopic (exact) mass is 291 g/mol. The summed E-state index contributed by atoms with van der Waals surface area (Å²) in [7, 11) is -1.34. The van der Waals surface area contributed by atoms with Gasteiger partial charge in [0, 0.05) is 26.2 Å². The lowest BCUT2D eigenvalue weighted by molar-refractivity contribution is 0.244. The molecular formula is C13H29N3O2S. The molecule has 0 aliphatic carbocycles. The maximum absolute atomic E-state index is 12.6. The third-order valence-electron chi connectivity index (χ3n) is 3.74. The summed E-state index contributed by atoms with van der Waals surface area (Å²) in [6.45, 7) is 7.44. The van der Waals surface area contributed by atoms with Crippen LogP contribution in [0.1, 0.15) is 39.5 Å². The molecule has 0 saturated carbocycles. The second-order valence-electron chi connectivity index (χ2n) is 5.28. The van der Waals surface area contributed by atoms with Crippen LogP contribution in [0, 0.1) is 5.92 Å². The highest BCUT2D eigenvalue weighted by Crippen LogP contribution is 2.21. The molecule has 114 valence electrons. The van der Waals surface area contributed by atoms with Crippen molar-refractivity contribution in [1.82, 2.24) is 13.9 Å². The molecule has 6 heteroatoms. The molecule has 19 heavy (non-hydrogen) atoms. The van der Waals surface area contributed by atoms with Crippen molar-refractivity contribution in [1.29, 1.82) is 0 Å². The molecule has 1 heterocycles. The van der Waals surface area contributed by atoms with E-state index in [2.05, 4.69) is 12.2 Å². The molecule has 0 aromatic rings. The quantitative estimate of drug-likeness (QED) is 0.733. The zero-order valence-corrected chi connectivity index (χ0v) is 13.4. The third kappa shape index (κ3) is 4.70. The number of unbranched alkanes of at least 4 members (excludes halogenated alkanes) is 1. The predicted octanol–water partition coefficient (Wildman–Crippen LogP) is 1.28. The SMILES string of the molecule is CCCCN(CC)S(=O)(=O)N1CCCC(CNC)C1. The van der Waals surface area contributed by atoms with Gasteiger partial charge in [0.25, 0.3) is 10.2 Å². The molecule has 0 aromatic heterocycles. The maximum atomic E-state index is 12.6. The molecule has 1 atom stereocenters. The van der Waals surface area contributed by atoms with E-state index >= 15 is 0 Å². The minimum absolute atomic E-state index is 0.443. The Morgan fingerprint density at radius 2 is 2.11 bits per heavy atom. The topological polar surface area (TPSA) is 52.7 Å². The number of rotatable bonds is 8. The van der Waals surface area contributed by atoms with Crippen LogP contribution in [0.3, 0.4) is 0 Å². The average molecular weight is 291 g/mol. The van der Waals surface area contributed by atoms with Gasteiger partial charge >= 0.3 is 0 Å². The molecule has 1 aliphatic rings. The molecule has 0 radical (unpaired) electrons. The van der Waals surface area contributed by atoms with E-state index in [-0.39, 0.29) is 0 Å². The summed E-state index contributed by atoms with van der Waals surface area (Å²) < 4.78 is 28.5. The molecule has 1 rings (SSSR count). The van der Waals surface area contributed by atoms with Crippen molar-refractivity contribution in [3.63, 3.8) is 0 Å². The van der Waals surface area contributed by atoms with Gasteiger partial charge < -0.3 is 5.32 Å². The Hall–Kier alpha value is -0.170. The number of nitrogens with one attached hydrogen (secondary N) is 1. The van der Waals surface area contributed by atoms with Gasteiger partial charge in [-0.1, -0.05) is 20.3 Å². The smallest absolute Gasteiger partial charge is 0.281 e. The first-order chi connectivity index (χ1) is 9.06. The van der Waals surface area contributed by atoms with Crippen LogP contribution in [-0.2, 0) is 10.2 Å². The average Bonchev–Trinajstić information content (AvgIpc) is 2.40. The zero-order chi connectivity index (χ0) is 14.3. The Bertz CT molecular complexity index is 344. The first-order valence-corrected chi connectivity index (χ1v) is 8.85. The number of nitrogens with zero attached hydrogens (tertiary/aromatic N) is 2. The van der Waals surface area contributed by atoms with Gasteiger partial charge in [-0.25, -0.2) is 0 Å². The number of hydrogen-bond acceptors (Lipinski definition) is 3. The Morgan fingerprint density at radius 1 is 1.37 bits per heavy atom. The summed E-state index contributed by atoms with van der Waals surface area (Å²) in [4.78, 5) is 0. The summed E-state index contributed by atoms with van der Waals surface area (Å²) in [6.07, 6.45) is 4.04. The molecule has 1 unspecified atom stereocenters. The van der Waals surface area contributed by atoms with Crippen molar-refractivity contribution in [3.8, 4) is 0 Å². The van der Waals surface area contributed by atoms with Gasteiger partial charge in [0.15, 0.2) is 0 Å². The Morgan fingerprint density at radius 3 is 2.68 bits per heavy atom. The molecule has 0 bridgehead atoms. The molecule has 1 aliphatic heterocycles. The zero-order valence-electron chi connectivity index (χ0n) is 12.6. The van der Waals surface area contributed by atoms with E-state index in [0.29, 0.717) is 32.1 Å². The summed E-state index contributed by atoms with van der Waals surface area (Å²) in [6, 6.07) is 0. The lowest BCUT2D eigenvalue weighted by Gasteiger charge is -2.35. The molecule has 0 aromatic carbocycles. The first-order valence-electron chi connectivity index (χ1n) is 7.46. The summed E-state index contributed by atoms with van der Waals surface area (Å²) in [5.41, 5.74) is 0. The van der Waals surface area contributed by atoms with Gasteiger partial charge in [-0.05, 0) is 38.8 Å². The number of piperidine rings is 1. The van der Waals surface area contributed by atoms with Crippen LogP contribution in [0.2, 0.25) is 0 Å². The van der Waals surface area contributed by atoms with Gasteiger partial charge in [-0.2, -0.15) is 17.0 Å². The molecule has 1 saturated heterocycles. The van der Waals surface area contributed by atoms with Crippen LogP contribution in [0.5, 0.6) is 0 Å². The van der Waals surface area contributed by atoms with Crippen molar-refractivity contribution < 1.29 is 8.42 Å². The van der Waals surface area contributed by atoms with Crippen molar-refractivity contribution in [3.05, 3.63) is 0 Å². The molecule has 5 nitrogen and oxygen atoms in total. The molecular weight excluding hydrogens is 262 g/mol. The maximum Gasteiger partial charge on any atom is 0.281 e. The van der Waals surface area contributed by atoms with Gasteiger partial charge in [0.1, 0.15) is 0 Å². The minimum atomic E-state index is -3.26. The standard InChI is InChI=1S/C13H29N3O2S/c1-4-6-9-15(5-2)19(17,18)16-10-7-8-13(12-16)11-14-3/h13-14H,4-12H2,1-3H3. The normalized spacial score (nSPS) is 22.0. The van der Waals surface area contributed by atoms with Crippen molar-refractivity contribution in [2.45, 2.75) is 39.5 Å². The molecule has 0 amide bonds. The van der Waals surface area contributed by atoms with E-state index in [1.165, 1.54) is 0 Å². The minimum Gasteiger partial charge on any atom is -0.319 e. The van der Waals surface area contributed by atoms with Crippen LogP contribution in [0.4, 0.5) is 0 Å². The fraction of sp³-hybridized carbons (Fsp3) is 1.00. The second kappa shape index (κ2) is 8.19. The van der Waals surface area contributed by atoms with Gasteiger partial charge in [-0.3, -0.25) is 0 Å². The molecule has 1 fully saturated rings. The van der Waals surface area contributed by atoms with E-state index in [0.717, 1.165) is 32.2 Å². The summed E-state index contributed by atoms with van der Waals surface area (Å²) in [5.74, 6) is 0.443. The Kier molecular flexibility index (Phi) is 7.28. The fourth-order valence-electron chi connectivity index (χ4n) is 2.63. The largest absolute Gasteiger partial charge is 0.319 e. The molecule has 1 N–H and O–H groups in total. The first kappa shape index (κ1) is 16.9. The lowest BCUT2D eigenvalue weighted by Crippen LogP contribution is -2.49. The highest BCUT2D eigenvalue weighted by molar-refractivity contribution is 7.86. The fourth-order valence-corrected chi connectivity index (χ4v) is 4.40. The Balaban J connectivity index is 2.68. The van der Waals surface area contributed by atoms with E-state index in [1.54, 1.807) is 8.61 Å². The lowest BCUT2D eigenvalue weighted by atomic mass is 10.00. The second-order valence-corrected chi connectivity index (χ2v) is 7.21. The van der Waals surface area contributed by atoms with Gasteiger partial charge in [0.05, 0.1) is 0 Å². The van der Waals surface area contributed by atoms with Crippen LogP contribution in [0.15, 0.2) is 0 Å². The van der Waals surface area contributed by atoms with E-state index < -0.39 is 10.2 Å². The van der Waals surface area contributed by atoms with Crippen molar-refractivity contribution in [2.75, 3.05) is 39.8 Å². The highest BCUT2D eigenvalue weighted by Gasteiger charge is 2.32. The van der Waals surface area contributed by atoms with Crippen LogP contribution in [-0.4, -0.2) is 56.8 Å². The highest BCUT2D eigenvalue weighted by atomic mass is 32.2. The van der Waals surface area contributed by atoms with E-state index in [1.807, 2.05) is 14.0 Å². The van der Waals surface area contributed by atoms with E-state index in [4.69, 9.17) is 0 Å². The predicted molar refractivity (Wildman–Crippen MR) is 79.3 cm³/mol. The summed E-state index contributed by atoms with van der Waals surface area (Å²) >= 11 is 0. The van der Waals surface area contributed by atoms with Crippen molar-refractivity contribution >= 4 is 10.2 Å². The number of hydrogen-bond donors (Lipinski definition) is 1. The van der Waals surface area contributed by atoms with Gasteiger partial charge in [-0.15, -0.1) is 0 Å². The summed E-state index contributed by atoms with van der Waals surface area (Å²) in [5, 5.41) is 3.15.